The first kappa shape index (κ1) is 26.4. The normalized spacial score (nSPS) is 38.7. The Morgan fingerprint density at radius 1 is 1.08 bits per heavy atom. The summed E-state index contributed by atoms with van der Waals surface area (Å²) in [4.78, 5) is 17.7. The number of hydrogen-bond donors (Lipinski definition) is 0. The van der Waals surface area contributed by atoms with E-state index in [4.69, 9.17) is 28.1 Å². The molecule has 2 aromatic rings. The van der Waals surface area contributed by atoms with E-state index in [0.717, 1.165) is 19.3 Å². The molecule has 0 bridgehead atoms. The summed E-state index contributed by atoms with van der Waals surface area (Å²) >= 11 is 0. The van der Waals surface area contributed by atoms with Crippen molar-refractivity contribution in [3.8, 4) is 17.1 Å². The molecule has 202 valence electrons. The van der Waals surface area contributed by atoms with E-state index in [1.807, 2.05) is 6.07 Å². The maximum Gasteiger partial charge on any atom is 0.345 e. The highest BCUT2D eigenvalue weighted by molar-refractivity contribution is 5.59. The second-order valence-corrected chi connectivity index (χ2v) is 11.6. The molecule has 0 radical (unpaired) electrons. The Labute approximate surface area is 218 Å². The van der Waals surface area contributed by atoms with E-state index in [9.17, 15) is 4.79 Å². The quantitative estimate of drug-likeness (QED) is 0.551. The summed E-state index contributed by atoms with van der Waals surface area (Å²) in [5, 5.41) is 0. The first-order valence-corrected chi connectivity index (χ1v) is 13.0. The Morgan fingerprint density at radius 2 is 1.84 bits per heavy atom. The molecule has 1 aliphatic heterocycles. The molecule has 2 aromatic heterocycles. The van der Waals surface area contributed by atoms with Crippen molar-refractivity contribution in [3.63, 3.8) is 0 Å². The summed E-state index contributed by atoms with van der Waals surface area (Å²) in [6.07, 6.45) is 5.21. The Kier molecular flexibility index (Phi) is 6.76. The van der Waals surface area contributed by atoms with Crippen LogP contribution in [0.3, 0.4) is 0 Å². The highest BCUT2D eigenvalue weighted by Crippen LogP contribution is 2.67. The number of aromatic nitrogens is 1. The standard InChI is InChI=1S/C29H39NO7/c1-27-11-10-21(33-5)28(2,16-32-4)20(27)14-22(34-6)29(3)25(27)24(35-7)23-19(37-29)13-18(36-26(23)31)17-9-8-12-30-15-17/h8-9,12-13,15,20-22,24-25H,10-11,14,16H2,1-7H3/t20?,21-,22-,24-,25?,27-,28?,29+/m0/s1. The van der Waals surface area contributed by atoms with Gasteiger partial charge in [-0.3, -0.25) is 4.98 Å². The average molecular weight is 514 g/mol. The molecule has 0 aromatic carbocycles. The average Bonchev–Trinajstić information content (AvgIpc) is 2.87. The highest BCUT2D eigenvalue weighted by atomic mass is 16.6. The zero-order chi connectivity index (χ0) is 26.6. The van der Waals surface area contributed by atoms with E-state index in [1.54, 1.807) is 53.0 Å². The summed E-state index contributed by atoms with van der Waals surface area (Å²) in [5.41, 5.74) is -0.533. The summed E-state index contributed by atoms with van der Waals surface area (Å²) in [7, 11) is 6.93. The molecule has 2 aliphatic carbocycles. The minimum Gasteiger partial charge on any atom is -0.484 e. The van der Waals surface area contributed by atoms with Crippen LogP contribution in [0.25, 0.3) is 11.3 Å². The van der Waals surface area contributed by atoms with Gasteiger partial charge in [-0.1, -0.05) is 13.8 Å². The smallest absolute Gasteiger partial charge is 0.345 e. The lowest BCUT2D eigenvalue weighted by atomic mass is 9.42. The third kappa shape index (κ3) is 3.79. The molecule has 8 atom stereocenters. The molecule has 0 spiro atoms. The van der Waals surface area contributed by atoms with E-state index in [0.29, 0.717) is 29.2 Å². The lowest BCUT2D eigenvalue weighted by molar-refractivity contribution is -0.273. The summed E-state index contributed by atoms with van der Waals surface area (Å²) < 4.78 is 36.8. The predicted molar refractivity (Wildman–Crippen MR) is 138 cm³/mol. The number of hydrogen-bond acceptors (Lipinski definition) is 8. The molecule has 5 rings (SSSR count). The van der Waals surface area contributed by atoms with Crippen molar-refractivity contribution < 1.29 is 28.1 Å². The monoisotopic (exact) mass is 513 g/mol. The van der Waals surface area contributed by atoms with Crippen molar-refractivity contribution >= 4 is 0 Å². The third-order valence-corrected chi connectivity index (χ3v) is 9.78. The van der Waals surface area contributed by atoms with Gasteiger partial charge < -0.3 is 28.1 Å². The second kappa shape index (κ2) is 9.49. The van der Waals surface area contributed by atoms with E-state index in [2.05, 4.69) is 25.8 Å². The largest absolute Gasteiger partial charge is 0.484 e. The number of rotatable bonds is 6. The van der Waals surface area contributed by atoms with Crippen molar-refractivity contribution in [1.29, 1.82) is 0 Å². The molecular weight excluding hydrogens is 474 g/mol. The van der Waals surface area contributed by atoms with Crippen LogP contribution in [-0.4, -0.2) is 57.8 Å². The first-order chi connectivity index (χ1) is 17.7. The lowest BCUT2D eigenvalue weighted by Crippen LogP contribution is -2.71. The van der Waals surface area contributed by atoms with Crippen molar-refractivity contribution in [1.82, 2.24) is 4.98 Å². The molecule has 3 unspecified atom stereocenters. The molecule has 0 saturated heterocycles. The van der Waals surface area contributed by atoms with Gasteiger partial charge in [0.15, 0.2) is 0 Å². The van der Waals surface area contributed by atoms with Gasteiger partial charge in [0.25, 0.3) is 0 Å². The van der Waals surface area contributed by atoms with Crippen LogP contribution in [0.1, 0.15) is 51.7 Å². The fourth-order valence-corrected chi connectivity index (χ4v) is 8.27. The van der Waals surface area contributed by atoms with Gasteiger partial charge >= 0.3 is 5.63 Å². The fraction of sp³-hybridized carbons (Fsp3) is 0.655. The number of fused-ring (bicyclic) bond motifs is 4. The second-order valence-electron chi connectivity index (χ2n) is 11.6. The fourth-order valence-electron chi connectivity index (χ4n) is 8.27. The van der Waals surface area contributed by atoms with E-state index >= 15 is 0 Å². The van der Waals surface area contributed by atoms with Crippen LogP contribution in [0.5, 0.6) is 5.75 Å². The maximum absolute atomic E-state index is 13.5. The maximum atomic E-state index is 13.5. The van der Waals surface area contributed by atoms with Gasteiger partial charge in [-0.05, 0) is 49.7 Å². The first-order valence-electron chi connectivity index (χ1n) is 13.0. The van der Waals surface area contributed by atoms with Crippen LogP contribution in [0, 0.1) is 22.7 Å². The Bertz CT molecular complexity index is 1180. The molecule has 37 heavy (non-hydrogen) atoms. The molecule has 3 aliphatic rings. The summed E-state index contributed by atoms with van der Waals surface area (Å²) in [6, 6.07) is 5.45. The molecule has 2 fully saturated rings. The van der Waals surface area contributed by atoms with Gasteiger partial charge in [-0.2, -0.15) is 0 Å². The van der Waals surface area contributed by atoms with Gasteiger partial charge in [0.2, 0.25) is 0 Å². The minimum atomic E-state index is -0.735. The van der Waals surface area contributed by atoms with Crippen LogP contribution < -0.4 is 10.4 Å². The van der Waals surface area contributed by atoms with Gasteiger partial charge in [0, 0.05) is 63.8 Å². The lowest BCUT2D eigenvalue weighted by Gasteiger charge is -2.67. The van der Waals surface area contributed by atoms with E-state index < -0.39 is 17.3 Å². The SMILES string of the molecule is COCC1(C)C2C[C@H](OC)[C@@]3(C)Oc4cc(-c5cccnc5)oc(=O)c4[C@H](OC)C3[C@@]2(C)CC[C@@H]1OC. The van der Waals surface area contributed by atoms with Gasteiger partial charge in [0.05, 0.1) is 18.8 Å². The molecule has 8 heteroatoms. The zero-order valence-corrected chi connectivity index (χ0v) is 22.9. The molecule has 0 N–H and O–H groups in total. The molecule has 3 heterocycles. The van der Waals surface area contributed by atoms with E-state index in [-0.39, 0.29) is 34.9 Å². The van der Waals surface area contributed by atoms with E-state index in [1.165, 1.54) is 0 Å². The van der Waals surface area contributed by atoms with Crippen LogP contribution in [0.4, 0.5) is 0 Å². The highest BCUT2D eigenvalue weighted by Gasteiger charge is 2.69. The number of methoxy groups -OCH3 is 4. The van der Waals surface area contributed by atoms with Crippen LogP contribution in [0.2, 0.25) is 0 Å². The molecule has 8 nitrogen and oxygen atoms in total. The van der Waals surface area contributed by atoms with Crippen LogP contribution >= 0.6 is 0 Å². The van der Waals surface area contributed by atoms with Crippen molar-refractivity contribution in [3.05, 3.63) is 46.6 Å². The Morgan fingerprint density at radius 3 is 2.46 bits per heavy atom. The number of pyridine rings is 1. The number of nitrogens with zero attached hydrogens (tertiary/aromatic N) is 1. The Balaban J connectivity index is 1.68. The zero-order valence-electron chi connectivity index (χ0n) is 22.9. The van der Waals surface area contributed by atoms with Crippen LogP contribution in [-0.2, 0) is 18.9 Å². The summed E-state index contributed by atoms with van der Waals surface area (Å²) in [5.74, 6) is 0.916. The third-order valence-electron chi connectivity index (χ3n) is 9.78. The number of ether oxygens (including phenoxy) is 5. The van der Waals surface area contributed by atoms with Crippen molar-refractivity contribution in [2.24, 2.45) is 22.7 Å². The molecule has 2 saturated carbocycles. The topological polar surface area (TPSA) is 89.2 Å². The van der Waals surface area contributed by atoms with Gasteiger partial charge in [-0.15, -0.1) is 0 Å². The van der Waals surface area contributed by atoms with Crippen LogP contribution in [0.15, 0.2) is 39.8 Å². The minimum absolute atomic E-state index is 0.0530. The predicted octanol–water partition coefficient (Wildman–Crippen LogP) is 4.66. The summed E-state index contributed by atoms with van der Waals surface area (Å²) in [6.45, 7) is 7.25. The van der Waals surface area contributed by atoms with Gasteiger partial charge in [-0.25, -0.2) is 4.79 Å². The molecule has 0 amide bonds. The van der Waals surface area contributed by atoms with Crippen molar-refractivity contribution in [2.75, 3.05) is 35.0 Å². The van der Waals surface area contributed by atoms with Gasteiger partial charge in [0.1, 0.15) is 28.8 Å². The van der Waals surface area contributed by atoms with Crippen molar-refractivity contribution in [2.45, 2.75) is 63.9 Å². The molecular formula is C29H39NO7. The Hall–Kier alpha value is -2.26.